The molecule has 2 atom stereocenters. The highest BCUT2D eigenvalue weighted by atomic mass is 35.5. The van der Waals surface area contributed by atoms with E-state index in [-0.39, 0.29) is 5.54 Å². The summed E-state index contributed by atoms with van der Waals surface area (Å²) < 4.78 is 0. The van der Waals surface area contributed by atoms with E-state index in [2.05, 4.69) is 29.0 Å². The minimum atomic E-state index is 0.182. The highest BCUT2D eigenvalue weighted by Gasteiger charge is 2.49. The lowest BCUT2D eigenvalue weighted by Crippen LogP contribution is -2.44. The first-order valence-electron chi connectivity index (χ1n) is 6.75. The molecule has 0 radical (unpaired) electrons. The largest absolute Gasteiger partial charge is 0.316 e. The maximum atomic E-state index is 6.23. The molecule has 3 nitrogen and oxygen atoms in total. The second-order valence-corrected chi connectivity index (χ2v) is 6.92. The van der Waals surface area contributed by atoms with Gasteiger partial charge in [0, 0.05) is 25.2 Å². The van der Waals surface area contributed by atoms with Crippen LogP contribution in [0.4, 0.5) is 0 Å². The summed E-state index contributed by atoms with van der Waals surface area (Å²) in [7, 11) is 0. The normalized spacial score (nSPS) is 29.7. The molecule has 5 heteroatoms. The zero-order valence-corrected chi connectivity index (χ0v) is 12.8. The SMILES string of the molecule is CC1(C)C2CNCC2CN1Cc1nc(Cl)ccc1Cl. The summed E-state index contributed by atoms with van der Waals surface area (Å²) in [6, 6.07) is 3.57. The molecule has 19 heavy (non-hydrogen) atoms. The van der Waals surface area contributed by atoms with Crippen molar-refractivity contribution in [1.29, 1.82) is 0 Å². The quantitative estimate of drug-likeness (QED) is 0.851. The number of nitrogens with zero attached hydrogens (tertiary/aromatic N) is 2. The fraction of sp³-hybridized carbons (Fsp3) is 0.643. The molecule has 0 saturated carbocycles. The summed E-state index contributed by atoms with van der Waals surface area (Å²) in [5, 5.41) is 4.71. The fourth-order valence-corrected chi connectivity index (χ4v) is 3.85. The molecule has 3 heterocycles. The Kier molecular flexibility index (Phi) is 3.50. The molecule has 2 unspecified atom stereocenters. The number of fused-ring (bicyclic) bond motifs is 1. The molecule has 104 valence electrons. The standard InChI is InChI=1S/C14H19Cl2N3/c1-14(2)10-6-17-5-9(10)7-19(14)8-12-11(15)3-4-13(16)18-12/h3-4,9-10,17H,5-8H2,1-2H3. The Hall–Kier alpha value is -0.350. The molecule has 3 rings (SSSR count). The van der Waals surface area contributed by atoms with Gasteiger partial charge in [-0.25, -0.2) is 4.98 Å². The molecule has 2 saturated heterocycles. The van der Waals surface area contributed by atoms with Crippen LogP contribution in [-0.2, 0) is 6.54 Å². The van der Waals surface area contributed by atoms with Crippen molar-refractivity contribution in [3.05, 3.63) is 28.0 Å². The summed E-state index contributed by atoms with van der Waals surface area (Å²) in [5.74, 6) is 1.46. The van der Waals surface area contributed by atoms with Gasteiger partial charge in [0.05, 0.1) is 10.7 Å². The van der Waals surface area contributed by atoms with Crippen LogP contribution in [0.15, 0.2) is 12.1 Å². The number of rotatable bonds is 2. The average Bonchev–Trinajstić information content (AvgIpc) is 2.89. The first kappa shape index (κ1) is 13.6. The minimum Gasteiger partial charge on any atom is -0.316 e. The van der Waals surface area contributed by atoms with E-state index >= 15 is 0 Å². The summed E-state index contributed by atoms with van der Waals surface area (Å²) in [6.07, 6.45) is 0. The first-order chi connectivity index (χ1) is 8.98. The average molecular weight is 300 g/mol. The molecule has 2 aliphatic rings. The van der Waals surface area contributed by atoms with Crippen molar-refractivity contribution in [2.45, 2.75) is 25.9 Å². The predicted molar refractivity (Wildman–Crippen MR) is 78.6 cm³/mol. The maximum absolute atomic E-state index is 6.23. The van der Waals surface area contributed by atoms with Crippen molar-refractivity contribution in [2.75, 3.05) is 19.6 Å². The van der Waals surface area contributed by atoms with Crippen molar-refractivity contribution in [3.63, 3.8) is 0 Å². The molecule has 2 fully saturated rings. The molecule has 0 bridgehead atoms. The number of likely N-dealkylation sites (tertiary alicyclic amines) is 1. The molecular formula is C14H19Cl2N3. The lowest BCUT2D eigenvalue weighted by atomic mass is 9.85. The van der Waals surface area contributed by atoms with Crippen LogP contribution in [0.2, 0.25) is 10.2 Å². The van der Waals surface area contributed by atoms with Crippen LogP contribution in [0, 0.1) is 11.8 Å². The van der Waals surface area contributed by atoms with Crippen LogP contribution in [0.3, 0.4) is 0 Å². The third-order valence-electron chi connectivity index (χ3n) is 4.74. The molecule has 0 amide bonds. The van der Waals surface area contributed by atoms with Crippen molar-refractivity contribution in [2.24, 2.45) is 11.8 Å². The molecular weight excluding hydrogens is 281 g/mol. The second kappa shape index (κ2) is 4.88. The van der Waals surface area contributed by atoms with Crippen LogP contribution < -0.4 is 5.32 Å². The Bertz CT molecular complexity index is 490. The highest BCUT2D eigenvalue weighted by molar-refractivity contribution is 6.32. The Morgan fingerprint density at radius 3 is 2.89 bits per heavy atom. The van der Waals surface area contributed by atoms with Crippen molar-refractivity contribution in [3.8, 4) is 0 Å². The van der Waals surface area contributed by atoms with Crippen LogP contribution in [0.5, 0.6) is 0 Å². The van der Waals surface area contributed by atoms with Crippen LogP contribution in [0.1, 0.15) is 19.5 Å². The molecule has 0 aliphatic carbocycles. The number of aromatic nitrogens is 1. The molecule has 0 spiro atoms. The van der Waals surface area contributed by atoms with Gasteiger partial charge in [0.1, 0.15) is 5.15 Å². The van der Waals surface area contributed by atoms with E-state index in [1.54, 1.807) is 6.07 Å². The van der Waals surface area contributed by atoms with E-state index in [0.29, 0.717) is 16.1 Å². The minimum absolute atomic E-state index is 0.182. The third-order valence-corrected chi connectivity index (χ3v) is 5.30. The van der Waals surface area contributed by atoms with E-state index < -0.39 is 0 Å². The Morgan fingerprint density at radius 1 is 1.37 bits per heavy atom. The smallest absolute Gasteiger partial charge is 0.129 e. The van der Waals surface area contributed by atoms with Crippen molar-refractivity contribution in [1.82, 2.24) is 15.2 Å². The van der Waals surface area contributed by atoms with E-state index in [9.17, 15) is 0 Å². The molecule has 1 aromatic rings. The van der Waals surface area contributed by atoms with Gasteiger partial charge in [0.25, 0.3) is 0 Å². The fourth-order valence-electron chi connectivity index (χ4n) is 3.52. The molecule has 2 aliphatic heterocycles. The summed E-state index contributed by atoms with van der Waals surface area (Å²) in [4.78, 5) is 6.87. The van der Waals surface area contributed by atoms with Gasteiger partial charge >= 0.3 is 0 Å². The van der Waals surface area contributed by atoms with Gasteiger partial charge in [-0.1, -0.05) is 23.2 Å². The zero-order valence-electron chi connectivity index (χ0n) is 11.3. The number of pyridine rings is 1. The Balaban J connectivity index is 1.82. The predicted octanol–water partition coefficient (Wildman–Crippen LogP) is 2.82. The van der Waals surface area contributed by atoms with Gasteiger partial charge in [0.2, 0.25) is 0 Å². The molecule has 1 N–H and O–H groups in total. The van der Waals surface area contributed by atoms with Gasteiger partial charge in [0.15, 0.2) is 0 Å². The van der Waals surface area contributed by atoms with Crippen molar-refractivity contribution >= 4 is 23.2 Å². The number of hydrogen-bond acceptors (Lipinski definition) is 3. The highest BCUT2D eigenvalue weighted by Crippen LogP contribution is 2.41. The number of nitrogens with one attached hydrogen (secondary N) is 1. The van der Waals surface area contributed by atoms with E-state index in [0.717, 1.165) is 37.8 Å². The van der Waals surface area contributed by atoms with E-state index in [1.807, 2.05) is 6.07 Å². The number of halogens is 2. The Labute approximate surface area is 124 Å². The van der Waals surface area contributed by atoms with Crippen molar-refractivity contribution < 1.29 is 0 Å². The first-order valence-corrected chi connectivity index (χ1v) is 7.51. The lowest BCUT2D eigenvalue weighted by molar-refractivity contribution is 0.130. The lowest BCUT2D eigenvalue weighted by Gasteiger charge is -2.35. The summed E-state index contributed by atoms with van der Waals surface area (Å²) in [6.45, 7) is 8.77. The van der Waals surface area contributed by atoms with Gasteiger partial charge in [-0.05, 0) is 44.4 Å². The summed E-state index contributed by atoms with van der Waals surface area (Å²) >= 11 is 12.2. The van der Waals surface area contributed by atoms with E-state index in [1.165, 1.54) is 0 Å². The zero-order chi connectivity index (χ0) is 13.6. The van der Waals surface area contributed by atoms with Crippen LogP contribution >= 0.6 is 23.2 Å². The third kappa shape index (κ3) is 2.38. The van der Waals surface area contributed by atoms with Crippen LogP contribution in [-0.4, -0.2) is 35.1 Å². The number of hydrogen-bond donors (Lipinski definition) is 1. The summed E-state index contributed by atoms with van der Waals surface area (Å²) in [5.41, 5.74) is 1.07. The van der Waals surface area contributed by atoms with Gasteiger partial charge in [-0.3, -0.25) is 4.90 Å². The Morgan fingerprint density at radius 2 is 2.16 bits per heavy atom. The second-order valence-electron chi connectivity index (χ2n) is 6.12. The maximum Gasteiger partial charge on any atom is 0.129 e. The topological polar surface area (TPSA) is 28.2 Å². The van der Waals surface area contributed by atoms with Gasteiger partial charge in [-0.2, -0.15) is 0 Å². The van der Waals surface area contributed by atoms with Gasteiger partial charge in [-0.15, -0.1) is 0 Å². The molecule has 0 aromatic carbocycles. The van der Waals surface area contributed by atoms with Gasteiger partial charge < -0.3 is 5.32 Å². The van der Waals surface area contributed by atoms with Crippen LogP contribution in [0.25, 0.3) is 0 Å². The monoisotopic (exact) mass is 299 g/mol. The molecule has 1 aromatic heterocycles. The van der Waals surface area contributed by atoms with E-state index in [4.69, 9.17) is 23.2 Å².